The maximum atomic E-state index is 9.92. The van der Waals surface area contributed by atoms with Crippen molar-refractivity contribution in [3.63, 3.8) is 0 Å². The quantitative estimate of drug-likeness (QED) is 0.723. The average molecular weight is 408 g/mol. The molecule has 2 heterocycles. The van der Waals surface area contributed by atoms with E-state index in [9.17, 15) is 5.26 Å². The highest BCUT2D eigenvalue weighted by molar-refractivity contribution is 5.56. The minimum absolute atomic E-state index is 0.165. The Labute approximate surface area is 177 Å². The van der Waals surface area contributed by atoms with E-state index < -0.39 is 0 Å². The van der Waals surface area contributed by atoms with E-state index in [1.807, 2.05) is 43.3 Å². The lowest BCUT2D eigenvalue weighted by atomic mass is 9.75. The van der Waals surface area contributed by atoms with E-state index in [2.05, 4.69) is 30.1 Å². The molecule has 7 heteroatoms. The van der Waals surface area contributed by atoms with Crippen LogP contribution in [0.25, 0.3) is 11.5 Å². The van der Waals surface area contributed by atoms with Gasteiger partial charge in [-0.15, -0.1) is 10.2 Å². The third kappa shape index (κ3) is 4.04. The first kappa shape index (κ1) is 21.4. The Kier molecular flexibility index (Phi) is 6.46. The molecule has 0 radical (unpaired) electrons. The minimum atomic E-state index is -0.254. The van der Waals surface area contributed by atoms with Crippen molar-refractivity contribution in [2.45, 2.75) is 46.0 Å². The van der Waals surface area contributed by atoms with Gasteiger partial charge < -0.3 is 19.8 Å². The Balaban J connectivity index is 2.13. The zero-order valence-electron chi connectivity index (χ0n) is 18.3. The smallest absolute Gasteiger partial charge is 0.247 e. The second kappa shape index (κ2) is 9.04. The van der Waals surface area contributed by atoms with Gasteiger partial charge in [0.25, 0.3) is 0 Å². The van der Waals surface area contributed by atoms with Crippen LogP contribution in [0.4, 0.5) is 0 Å². The zero-order chi connectivity index (χ0) is 21.8. The molecule has 0 fully saturated rings. The number of rotatable bonds is 7. The van der Waals surface area contributed by atoms with Gasteiger partial charge in [0.2, 0.25) is 17.7 Å². The van der Waals surface area contributed by atoms with Gasteiger partial charge in [-0.05, 0) is 36.5 Å². The third-order valence-corrected chi connectivity index (χ3v) is 5.43. The Morgan fingerprint density at radius 1 is 1.20 bits per heavy atom. The molecule has 1 aliphatic rings. The van der Waals surface area contributed by atoms with Crippen LogP contribution in [0.2, 0.25) is 0 Å². The SMILES string of the molecule is CCCC(CC)C1=C(N(C)C)OC(N)=C(C#N)C1c1ccc(-c2nnc(C)o2)cc1. The number of nitrogens with two attached hydrogens (primary N) is 1. The highest BCUT2D eigenvalue weighted by Gasteiger charge is 2.37. The van der Waals surface area contributed by atoms with Crippen molar-refractivity contribution in [3.05, 3.63) is 58.6 Å². The maximum Gasteiger partial charge on any atom is 0.247 e. The fourth-order valence-corrected chi connectivity index (χ4v) is 4.02. The summed E-state index contributed by atoms with van der Waals surface area (Å²) in [6.45, 7) is 6.11. The lowest BCUT2D eigenvalue weighted by molar-refractivity contribution is 0.176. The van der Waals surface area contributed by atoms with Crippen LogP contribution in [-0.4, -0.2) is 29.2 Å². The number of aromatic nitrogens is 2. The van der Waals surface area contributed by atoms with E-state index in [0.29, 0.717) is 17.4 Å². The monoisotopic (exact) mass is 407 g/mol. The summed E-state index contributed by atoms with van der Waals surface area (Å²) in [5, 5.41) is 17.9. The predicted molar refractivity (Wildman–Crippen MR) is 115 cm³/mol. The van der Waals surface area contributed by atoms with Gasteiger partial charge in [0.1, 0.15) is 11.6 Å². The minimum Gasteiger partial charge on any atom is -0.424 e. The molecule has 1 aromatic heterocycles. The number of hydrogen-bond donors (Lipinski definition) is 1. The molecule has 7 nitrogen and oxygen atoms in total. The number of nitrogens with zero attached hydrogens (tertiary/aromatic N) is 4. The lowest BCUT2D eigenvalue weighted by Gasteiger charge is -2.35. The second-order valence-electron chi connectivity index (χ2n) is 7.72. The molecular weight excluding hydrogens is 378 g/mol. The van der Waals surface area contributed by atoms with E-state index >= 15 is 0 Å². The predicted octanol–water partition coefficient (Wildman–Crippen LogP) is 4.45. The van der Waals surface area contributed by atoms with Gasteiger partial charge in [-0.3, -0.25) is 0 Å². The van der Waals surface area contributed by atoms with Crippen LogP contribution < -0.4 is 5.73 Å². The van der Waals surface area contributed by atoms with Crippen molar-refractivity contribution in [1.29, 1.82) is 5.26 Å². The van der Waals surface area contributed by atoms with Gasteiger partial charge in [0.15, 0.2) is 5.88 Å². The number of hydrogen-bond acceptors (Lipinski definition) is 7. The number of aryl methyl sites for hydroxylation is 1. The first-order valence-corrected chi connectivity index (χ1v) is 10.3. The molecule has 30 heavy (non-hydrogen) atoms. The number of allylic oxidation sites excluding steroid dienone is 2. The molecule has 2 unspecified atom stereocenters. The van der Waals surface area contributed by atoms with Crippen molar-refractivity contribution in [2.24, 2.45) is 11.7 Å². The summed E-state index contributed by atoms with van der Waals surface area (Å²) in [5.41, 5.74) is 9.57. The summed E-state index contributed by atoms with van der Waals surface area (Å²) in [7, 11) is 3.88. The van der Waals surface area contributed by atoms with Crippen molar-refractivity contribution in [2.75, 3.05) is 14.1 Å². The van der Waals surface area contributed by atoms with Crippen molar-refractivity contribution < 1.29 is 9.15 Å². The topological polar surface area (TPSA) is 101 Å². The highest BCUT2D eigenvalue weighted by Crippen LogP contribution is 2.45. The third-order valence-electron chi connectivity index (χ3n) is 5.43. The second-order valence-corrected chi connectivity index (χ2v) is 7.72. The van der Waals surface area contributed by atoms with Crippen LogP contribution in [0, 0.1) is 24.2 Å². The highest BCUT2D eigenvalue weighted by atomic mass is 16.5. The summed E-state index contributed by atoms with van der Waals surface area (Å²) in [4.78, 5) is 1.94. The van der Waals surface area contributed by atoms with Crippen LogP contribution >= 0.6 is 0 Å². The summed E-state index contributed by atoms with van der Waals surface area (Å²) in [6.07, 6.45) is 3.02. The summed E-state index contributed by atoms with van der Waals surface area (Å²) < 4.78 is 11.5. The molecule has 0 aliphatic carbocycles. The van der Waals surface area contributed by atoms with Crippen LogP contribution in [0.5, 0.6) is 0 Å². The Hall–Kier alpha value is -3.27. The van der Waals surface area contributed by atoms with Gasteiger partial charge >= 0.3 is 0 Å². The van der Waals surface area contributed by atoms with Crippen LogP contribution in [0.1, 0.15) is 50.5 Å². The van der Waals surface area contributed by atoms with Crippen LogP contribution in [0.15, 0.2) is 51.6 Å². The number of nitriles is 1. The molecule has 0 amide bonds. The fraction of sp³-hybridized carbons (Fsp3) is 0.435. The zero-order valence-corrected chi connectivity index (χ0v) is 18.3. The molecule has 2 aromatic rings. The van der Waals surface area contributed by atoms with Crippen molar-refractivity contribution >= 4 is 0 Å². The molecule has 0 spiro atoms. The average Bonchev–Trinajstić information content (AvgIpc) is 3.17. The normalized spacial score (nSPS) is 17.5. The summed E-state index contributed by atoms with van der Waals surface area (Å²) >= 11 is 0. The number of ether oxygens (including phenoxy) is 1. The molecule has 2 atom stereocenters. The molecule has 3 rings (SSSR count). The molecule has 158 valence electrons. The molecule has 1 aromatic carbocycles. The molecule has 2 N–H and O–H groups in total. The molecule has 0 saturated carbocycles. The first-order chi connectivity index (χ1) is 14.4. The standard InChI is InChI=1S/C23H29N5O2/c1-6-8-15(7-2)20-19(18(13-24)21(25)30-23(20)28(4)5)16-9-11-17(12-10-16)22-27-26-14(3)29-22/h9-12,15,19H,6-8,25H2,1-5H3. The first-order valence-electron chi connectivity index (χ1n) is 10.3. The van der Waals surface area contributed by atoms with E-state index in [4.69, 9.17) is 14.9 Å². The fourth-order valence-electron chi connectivity index (χ4n) is 4.02. The van der Waals surface area contributed by atoms with Crippen molar-refractivity contribution in [3.8, 4) is 17.5 Å². The van der Waals surface area contributed by atoms with Gasteiger partial charge in [-0.2, -0.15) is 5.26 Å². The van der Waals surface area contributed by atoms with Gasteiger partial charge in [-0.25, -0.2) is 0 Å². The van der Waals surface area contributed by atoms with Crippen molar-refractivity contribution in [1.82, 2.24) is 15.1 Å². The Morgan fingerprint density at radius 2 is 1.90 bits per heavy atom. The summed E-state index contributed by atoms with van der Waals surface area (Å²) in [5.74, 6) is 1.92. The Morgan fingerprint density at radius 3 is 2.40 bits per heavy atom. The molecule has 0 bridgehead atoms. The Bertz CT molecular complexity index is 995. The number of benzene rings is 1. The van der Waals surface area contributed by atoms with Gasteiger partial charge in [0, 0.05) is 32.2 Å². The summed E-state index contributed by atoms with van der Waals surface area (Å²) in [6, 6.07) is 10.2. The largest absolute Gasteiger partial charge is 0.424 e. The van der Waals surface area contributed by atoms with Crippen LogP contribution in [0.3, 0.4) is 0 Å². The van der Waals surface area contributed by atoms with Gasteiger partial charge in [0.05, 0.1) is 5.92 Å². The van der Waals surface area contributed by atoms with E-state index in [0.717, 1.165) is 41.8 Å². The van der Waals surface area contributed by atoms with Gasteiger partial charge in [-0.1, -0.05) is 32.4 Å². The van der Waals surface area contributed by atoms with E-state index in [-0.39, 0.29) is 17.7 Å². The van der Waals surface area contributed by atoms with E-state index in [1.54, 1.807) is 6.92 Å². The lowest BCUT2D eigenvalue weighted by Crippen LogP contribution is -2.30. The molecule has 0 saturated heterocycles. The van der Waals surface area contributed by atoms with E-state index in [1.165, 1.54) is 0 Å². The molecule has 1 aliphatic heterocycles. The van der Waals surface area contributed by atoms with Crippen LogP contribution in [-0.2, 0) is 4.74 Å². The molecular formula is C23H29N5O2. The maximum absolute atomic E-state index is 9.92.